The number of aliphatic hydroxyl groups excluding tert-OH is 2. The molecule has 0 aliphatic heterocycles. The number of hydrogen-bond acceptors (Lipinski definition) is 3. The van der Waals surface area contributed by atoms with Crippen molar-refractivity contribution in [3.63, 3.8) is 0 Å². The van der Waals surface area contributed by atoms with E-state index in [-0.39, 0.29) is 25.6 Å². The molecule has 0 radical (unpaired) electrons. The number of aliphatic hydroxyl groups is 2. The van der Waals surface area contributed by atoms with Gasteiger partial charge in [0, 0.05) is 5.56 Å². The summed E-state index contributed by atoms with van der Waals surface area (Å²) >= 11 is 0. The topological polar surface area (TPSA) is 66.5 Å². The van der Waals surface area contributed by atoms with E-state index in [1.807, 2.05) is 12.1 Å². The van der Waals surface area contributed by atoms with Crippen LogP contribution in [0.3, 0.4) is 0 Å². The van der Waals surface area contributed by atoms with Gasteiger partial charge in [0.05, 0.1) is 13.2 Å². The molecule has 3 nitrogen and oxygen atoms in total. The van der Waals surface area contributed by atoms with E-state index in [0.29, 0.717) is 0 Å². The molecule has 4 heteroatoms. The molecule has 0 unspecified atom stereocenters. The SMILES string of the molecule is CCCCCCCCc1ccc(C#CC(N)(CO)CO)cc1.Cl. The van der Waals surface area contributed by atoms with Crippen LogP contribution in [-0.2, 0) is 6.42 Å². The first-order valence-electron chi connectivity index (χ1n) is 8.26. The fourth-order valence-corrected chi connectivity index (χ4v) is 2.19. The third-order valence-electron chi connectivity index (χ3n) is 3.79. The largest absolute Gasteiger partial charge is 0.393 e. The molecule has 23 heavy (non-hydrogen) atoms. The van der Waals surface area contributed by atoms with Crippen molar-refractivity contribution in [1.29, 1.82) is 0 Å². The third-order valence-corrected chi connectivity index (χ3v) is 3.79. The van der Waals surface area contributed by atoms with Crippen LogP contribution in [0.25, 0.3) is 0 Å². The molecule has 0 aliphatic rings. The number of aryl methyl sites for hydroxylation is 1. The Labute approximate surface area is 146 Å². The number of unbranched alkanes of at least 4 members (excludes halogenated alkanes) is 5. The van der Waals surface area contributed by atoms with E-state index in [1.54, 1.807) is 0 Å². The van der Waals surface area contributed by atoms with Crippen molar-refractivity contribution in [3.8, 4) is 11.8 Å². The number of nitrogens with two attached hydrogens (primary N) is 1. The van der Waals surface area contributed by atoms with E-state index in [2.05, 4.69) is 30.9 Å². The van der Waals surface area contributed by atoms with Gasteiger partial charge in [-0.05, 0) is 30.5 Å². The van der Waals surface area contributed by atoms with Crippen molar-refractivity contribution >= 4 is 12.4 Å². The second kappa shape index (κ2) is 12.4. The van der Waals surface area contributed by atoms with E-state index in [1.165, 1.54) is 44.1 Å². The lowest BCUT2D eigenvalue weighted by Gasteiger charge is -2.16. The summed E-state index contributed by atoms with van der Waals surface area (Å²) in [6.45, 7) is 1.53. The second-order valence-electron chi connectivity index (χ2n) is 5.94. The maximum atomic E-state index is 9.09. The Hall–Kier alpha value is -1.05. The molecule has 0 aliphatic carbocycles. The van der Waals surface area contributed by atoms with Gasteiger partial charge >= 0.3 is 0 Å². The van der Waals surface area contributed by atoms with Crippen LogP contribution in [0.15, 0.2) is 24.3 Å². The summed E-state index contributed by atoms with van der Waals surface area (Å²) in [4.78, 5) is 0. The highest BCUT2D eigenvalue weighted by atomic mass is 35.5. The normalized spacial score (nSPS) is 10.6. The van der Waals surface area contributed by atoms with Crippen molar-refractivity contribution in [3.05, 3.63) is 35.4 Å². The Bertz CT molecular complexity index is 472. The van der Waals surface area contributed by atoms with Gasteiger partial charge < -0.3 is 15.9 Å². The molecule has 130 valence electrons. The summed E-state index contributed by atoms with van der Waals surface area (Å²) in [5.74, 6) is 5.64. The molecule has 1 rings (SSSR count). The smallest absolute Gasteiger partial charge is 0.125 e. The van der Waals surface area contributed by atoms with E-state index < -0.39 is 5.54 Å². The number of hydrogen-bond donors (Lipinski definition) is 3. The molecule has 0 spiro atoms. The number of benzene rings is 1. The average molecular weight is 340 g/mol. The van der Waals surface area contributed by atoms with Crippen molar-refractivity contribution < 1.29 is 10.2 Å². The van der Waals surface area contributed by atoms with Gasteiger partial charge in [0.2, 0.25) is 0 Å². The molecule has 1 aromatic rings. The van der Waals surface area contributed by atoms with Crippen LogP contribution >= 0.6 is 12.4 Å². The zero-order valence-electron chi connectivity index (χ0n) is 14.1. The van der Waals surface area contributed by atoms with Crippen molar-refractivity contribution in [2.75, 3.05) is 13.2 Å². The van der Waals surface area contributed by atoms with Gasteiger partial charge in [-0.25, -0.2) is 0 Å². The highest BCUT2D eigenvalue weighted by molar-refractivity contribution is 5.85. The van der Waals surface area contributed by atoms with Gasteiger partial charge in [0.15, 0.2) is 0 Å². The minimum atomic E-state index is -1.23. The van der Waals surface area contributed by atoms with Crippen molar-refractivity contribution in [2.24, 2.45) is 5.73 Å². The first-order chi connectivity index (χ1) is 10.6. The summed E-state index contributed by atoms with van der Waals surface area (Å²) in [7, 11) is 0. The summed E-state index contributed by atoms with van der Waals surface area (Å²) in [6.07, 6.45) is 8.95. The molecule has 0 aromatic heterocycles. The van der Waals surface area contributed by atoms with Gasteiger partial charge in [-0.15, -0.1) is 12.4 Å². The Morgan fingerprint density at radius 3 is 2.09 bits per heavy atom. The van der Waals surface area contributed by atoms with Crippen LogP contribution in [0, 0.1) is 11.8 Å². The molecule has 0 bridgehead atoms. The van der Waals surface area contributed by atoms with E-state index in [0.717, 1.165) is 12.0 Å². The minimum absolute atomic E-state index is 0. The maximum Gasteiger partial charge on any atom is 0.125 e. The van der Waals surface area contributed by atoms with Crippen LogP contribution in [0.5, 0.6) is 0 Å². The Kier molecular flexibility index (Phi) is 11.8. The molecule has 1 aromatic carbocycles. The van der Waals surface area contributed by atoms with Crippen LogP contribution < -0.4 is 5.73 Å². The number of rotatable bonds is 9. The highest BCUT2D eigenvalue weighted by Crippen LogP contribution is 2.11. The fourth-order valence-electron chi connectivity index (χ4n) is 2.19. The maximum absolute atomic E-state index is 9.09. The monoisotopic (exact) mass is 339 g/mol. The lowest BCUT2D eigenvalue weighted by atomic mass is 10.0. The molecule has 0 saturated carbocycles. The zero-order chi connectivity index (χ0) is 16.3. The minimum Gasteiger partial charge on any atom is -0.393 e. The van der Waals surface area contributed by atoms with Gasteiger partial charge in [0.25, 0.3) is 0 Å². The van der Waals surface area contributed by atoms with E-state index in [9.17, 15) is 0 Å². The lowest BCUT2D eigenvalue weighted by molar-refractivity contribution is 0.158. The zero-order valence-corrected chi connectivity index (χ0v) is 14.9. The summed E-state index contributed by atoms with van der Waals surface area (Å²) < 4.78 is 0. The fraction of sp³-hybridized carbons (Fsp3) is 0.579. The Balaban J connectivity index is 0.00000484. The standard InChI is InChI=1S/C19H29NO2.ClH/c1-2-3-4-5-6-7-8-17-9-11-18(12-10-17)13-14-19(20,15-21)16-22;/h9-12,21-22H,2-8,15-16,20H2,1H3;1H. The van der Waals surface area contributed by atoms with Crippen LogP contribution in [0.2, 0.25) is 0 Å². The molecule has 0 fully saturated rings. The average Bonchev–Trinajstić information content (AvgIpc) is 2.57. The third kappa shape index (κ3) is 8.98. The molecule has 0 saturated heterocycles. The Morgan fingerprint density at radius 1 is 0.957 bits per heavy atom. The van der Waals surface area contributed by atoms with Crippen LogP contribution in [0.1, 0.15) is 56.6 Å². The first kappa shape index (κ1) is 21.9. The lowest BCUT2D eigenvalue weighted by Crippen LogP contribution is -2.45. The van der Waals surface area contributed by atoms with Crippen molar-refractivity contribution in [2.45, 2.75) is 57.4 Å². The van der Waals surface area contributed by atoms with Gasteiger partial charge in [0.1, 0.15) is 5.54 Å². The van der Waals surface area contributed by atoms with Gasteiger partial charge in [-0.1, -0.05) is 63.0 Å². The van der Waals surface area contributed by atoms with Crippen LogP contribution in [-0.4, -0.2) is 29.0 Å². The first-order valence-corrected chi connectivity index (χ1v) is 8.26. The predicted octanol–water partition coefficient (Wildman–Crippen LogP) is 3.05. The molecule has 0 atom stereocenters. The summed E-state index contributed by atoms with van der Waals surface area (Å²) in [5, 5.41) is 18.2. The van der Waals surface area contributed by atoms with E-state index in [4.69, 9.17) is 15.9 Å². The van der Waals surface area contributed by atoms with Crippen molar-refractivity contribution in [1.82, 2.24) is 0 Å². The van der Waals surface area contributed by atoms with Crippen LogP contribution in [0.4, 0.5) is 0 Å². The molecular formula is C19H30ClNO2. The molecule has 0 heterocycles. The number of halogens is 1. The molecular weight excluding hydrogens is 310 g/mol. The predicted molar refractivity (Wildman–Crippen MR) is 98.7 cm³/mol. The summed E-state index contributed by atoms with van der Waals surface area (Å²) in [6, 6.07) is 8.11. The Morgan fingerprint density at radius 2 is 1.52 bits per heavy atom. The summed E-state index contributed by atoms with van der Waals surface area (Å²) in [5.41, 5.74) is 6.67. The quantitative estimate of drug-likeness (QED) is 0.478. The second-order valence-corrected chi connectivity index (χ2v) is 5.94. The van der Waals surface area contributed by atoms with Gasteiger partial charge in [-0.2, -0.15) is 0 Å². The van der Waals surface area contributed by atoms with Gasteiger partial charge in [-0.3, -0.25) is 0 Å². The van der Waals surface area contributed by atoms with E-state index >= 15 is 0 Å². The highest BCUT2D eigenvalue weighted by Gasteiger charge is 2.19. The molecule has 4 N–H and O–H groups in total. The molecule has 0 amide bonds.